The highest BCUT2D eigenvalue weighted by atomic mass is 35.5. The van der Waals surface area contributed by atoms with Gasteiger partial charge in [0.25, 0.3) is 0 Å². The van der Waals surface area contributed by atoms with Gasteiger partial charge in [-0.15, -0.1) is 0 Å². The van der Waals surface area contributed by atoms with Gasteiger partial charge in [0.1, 0.15) is 11.5 Å². The molecule has 0 aromatic heterocycles. The van der Waals surface area contributed by atoms with Gasteiger partial charge in [-0.2, -0.15) is 0 Å². The van der Waals surface area contributed by atoms with Crippen molar-refractivity contribution in [2.45, 2.75) is 12.8 Å². The monoisotopic (exact) mass is 333 g/mol. The molecule has 0 aliphatic carbocycles. The number of amides is 1. The molecule has 0 bridgehead atoms. The van der Waals surface area contributed by atoms with E-state index in [9.17, 15) is 4.79 Å². The third-order valence-electron chi connectivity index (χ3n) is 3.51. The molecule has 5 heteroatoms. The van der Waals surface area contributed by atoms with Crippen LogP contribution in [0.2, 0.25) is 5.02 Å². The molecule has 2 aromatic carbocycles. The van der Waals surface area contributed by atoms with Gasteiger partial charge in [0.05, 0.1) is 20.6 Å². The van der Waals surface area contributed by atoms with Crippen molar-refractivity contribution in [3.05, 3.63) is 58.6 Å². The van der Waals surface area contributed by atoms with E-state index in [0.717, 1.165) is 22.6 Å². The first-order chi connectivity index (χ1) is 11.1. The van der Waals surface area contributed by atoms with Crippen molar-refractivity contribution in [3.8, 4) is 11.5 Å². The third-order valence-corrected chi connectivity index (χ3v) is 3.88. The van der Waals surface area contributed by atoms with Crippen LogP contribution in [0.5, 0.6) is 11.5 Å². The maximum atomic E-state index is 12.0. The number of ether oxygens (including phenoxy) is 2. The molecule has 0 heterocycles. The van der Waals surface area contributed by atoms with Gasteiger partial charge in [-0.05, 0) is 41.8 Å². The Labute approximate surface area is 141 Å². The van der Waals surface area contributed by atoms with E-state index in [1.807, 2.05) is 36.4 Å². The Morgan fingerprint density at radius 3 is 2.57 bits per heavy atom. The zero-order valence-electron chi connectivity index (χ0n) is 13.3. The Bertz CT molecular complexity index is 673. The van der Waals surface area contributed by atoms with E-state index in [0.29, 0.717) is 18.0 Å². The number of benzene rings is 2. The minimum atomic E-state index is -0.0556. The minimum absolute atomic E-state index is 0.0556. The minimum Gasteiger partial charge on any atom is -0.497 e. The Balaban J connectivity index is 1.89. The van der Waals surface area contributed by atoms with E-state index in [4.69, 9.17) is 21.1 Å². The summed E-state index contributed by atoms with van der Waals surface area (Å²) in [4.78, 5) is 12.0. The molecular weight excluding hydrogens is 314 g/mol. The zero-order chi connectivity index (χ0) is 16.7. The molecule has 122 valence electrons. The molecule has 0 saturated carbocycles. The lowest BCUT2D eigenvalue weighted by Crippen LogP contribution is -2.27. The topological polar surface area (TPSA) is 47.6 Å². The van der Waals surface area contributed by atoms with Crippen LogP contribution in [0.4, 0.5) is 0 Å². The average Bonchev–Trinajstić information content (AvgIpc) is 2.57. The number of halogens is 1. The second-order valence-electron chi connectivity index (χ2n) is 5.05. The molecule has 4 nitrogen and oxygen atoms in total. The van der Waals surface area contributed by atoms with Gasteiger partial charge >= 0.3 is 0 Å². The highest BCUT2D eigenvalue weighted by Gasteiger charge is 2.08. The summed E-state index contributed by atoms with van der Waals surface area (Å²) < 4.78 is 10.5. The van der Waals surface area contributed by atoms with Gasteiger partial charge < -0.3 is 14.8 Å². The van der Waals surface area contributed by atoms with E-state index >= 15 is 0 Å². The Morgan fingerprint density at radius 2 is 1.87 bits per heavy atom. The summed E-state index contributed by atoms with van der Waals surface area (Å²) >= 11 is 6.06. The van der Waals surface area contributed by atoms with Gasteiger partial charge in [0.2, 0.25) is 5.91 Å². The SMILES string of the molecule is COc1ccc(OC)c(CCNC(=O)Cc2ccccc2Cl)c1. The van der Waals surface area contributed by atoms with Gasteiger partial charge in [-0.1, -0.05) is 29.8 Å². The molecule has 0 radical (unpaired) electrons. The molecule has 0 spiro atoms. The molecule has 2 rings (SSSR count). The molecule has 23 heavy (non-hydrogen) atoms. The van der Waals surface area contributed by atoms with Crippen LogP contribution in [0.3, 0.4) is 0 Å². The maximum absolute atomic E-state index is 12.0. The smallest absolute Gasteiger partial charge is 0.224 e. The van der Waals surface area contributed by atoms with Gasteiger partial charge in [-0.25, -0.2) is 0 Å². The van der Waals surface area contributed by atoms with Crippen LogP contribution in [-0.2, 0) is 17.6 Å². The number of hydrogen-bond donors (Lipinski definition) is 1. The predicted octanol–water partition coefficient (Wildman–Crippen LogP) is 3.26. The van der Waals surface area contributed by atoms with Crippen molar-refractivity contribution in [1.29, 1.82) is 0 Å². The van der Waals surface area contributed by atoms with E-state index in [1.165, 1.54) is 0 Å². The first-order valence-electron chi connectivity index (χ1n) is 7.35. The number of hydrogen-bond acceptors (Lipinski definition) is 3. The maximum Gasteiger partial charge on any atom is 0.224 e. The fourth-order valence-corrected chi connectivity index (χ4v) is 2.49. The van der Waals surface area contributed by atoms with Crippen LogP contribution < -0.4 is 14.8 Å². The van der Waals surface area contributed by atoms with Crippen molar-refractivity contribution in [2.75, 3.05) is 20.8 Å². The quantitative estimate of drug-likeness (QED) is 0.846. The number of rotatable bonds is 7. The molecule has 0 unspecified atom stereocenters. The van der Waals surface area contributed by atoms with Crippen molar-refractivity contribution in [2.24, 2.45) is 0 Å². The van der Waals surface area contributed by atoms with E-state index in [-0.39, 0.29) is 12.3 Å². The summed E-state index contributed by atoms with van der Waals surface area (Å²) in [6, 6.07) is 13.0. The number of nitrogens with one attached hydrogen (secondary N) is 1. The Kier molecular flexibility index (Phi) is 6.29. The highest BCUT2D eigenvalue weighted by Crippen LogP contribution is 2.24. The first-order valence-corrected chi connectivity index (χ1v) is 7.73. The lowest BCUT2D eigenvalue weighted by molar-refractivity contribution is -0.120. The Hall–Kier alpha value is -2.20. The fourth-order valence-electron chi connectivity index (χ4n) is 2.29. The summed E-state index contributed by atoms with van der Waals surface area (Å²) in [5.41, 5.74) is 1.82. The molecule has 0 fully saturated rings. The molecule has 0 aliphatic rings. The lowest BCUT2D eigenvalue weighted by Gasteiger charge is -2.11. The van der Waals surface area contributed by atoms with E-state index in [2.05, 4.69) is 5.32 Å². The van der Waals surface area contributed by atoms with Crippen molar-refractivity contribution >= 4 is 17.5 Å². The largest absolute Gasteiger partial charge is 0.497 e. The van der Waals surface area contributed by atoms with Crippen LogP contribution in [0.25, 0.3) is 0 Å². The Morgan fingerprint density at radius 1 is 1.09 bits per heavy atom. The number of carbonyl (C=O) groups excluding carboxylic acids is 1. The number of carbonyl (C=O) groups is 1. The molecule has 1 N–H and O–H groups in total. The van der Waals surface area contributed by atoms with Crippen LogP contribution >= 0.6 is 11.6 Å². The highest BCUT2D eigenvalue weighted by molar-refractivity contribution is 6.31. The summed E-state index contributed by atoms with van der Waals surface area (Å²) in [6.07, 6.45) is 0.934. The molecule has 0 atom stereocenters. The summed E-state index contributed by atoms with van der Waals surface area (Å²) in [5.74, 6) is 1.49. The number of methoxy groups -OCH3 is 2. The second-order valence-corrected chi connectivity index (χ2v) is 5.45. The molecular formula is C18H20ClNO3. The fraction of sp³-hybridized carbons (Fsp3) is 0.278. The average molecular weight is 334 g/mol. The summed E-state index contributed by atoms with van der Waals surface area (Å²) in [7, 11) is 3.25. The second kappa shape index (κ2) is 8.44. The van der Waals surface area contributed by atoms with Crippen LogP contribution in [0, 0.1) is 0 Å². The van der Waals surface area contributed by atoms with Crippen LogP contribution in [0.1, 0.15) is 11.1 Å². The van der Waals surface area contributed by atoms with Crippen LogP contribution in [-0.4, -0.2) is 26.7 Å². The molecule has 0 saturated heterocycles. The standard InChI is InChI=1S/C18H20ClNO3/c1-22-15-7-8-17(23-2)14(11-15)9-10-20-18(21)12-13-5-3-4-6-16(13)19/h3-8,11H,9-10,12H2,1-2H3,(H,20,21). The normalized spacial score (nSPS) is 10.2. The van der Waals surface area contributed by atoms with Gasteiger partial charge in [0, 0.05) is 11.6 Å². The summed E-state index contributed by atoms with van der Waals surface area (Å²) in [6.45, 7) is 0.521. The lowest BCUT2D eigenvalue weighted by atomic mass is 10.1. The molecule has 1 amide bonds. The van der Waals surface area contributed by atoms with Crippen molar-refractivity contribution in [1.82, 2.24) is 5.32 Å². The molecule has 0 aliphatic heterocycles. The van der Waals surface area contributed by atoms with Gasteiger partial charge in [0.15, 0.2) is 0 Å². The zero-order valence-corrected chi connectivity index (χ0v) is 14.0. The predicted molar refractivity (Wildman–Crippen MR) is 91.4 cm³/mol. The van der Waals surface area contributed by atoms with Gasteiger partial charge in [-0.3, -0.25) is 4.79 Å². The first kappa shape index (κ1) is 17.2. The van der Waals surface area contributed by atoms with E-state index < -0.39 is 0 Å². The van der Waals surface area contributed by atoms with E-state index in [1.54, 1.807) is 20.3 Å². The van der Waals surface area contributed by atoms with Crippen molar-refractivity contribution in [3.63, 3.8) is 0 Å². The summed E-state index contributed by atoms with van der Waals surface area (Å²) in [5, 5.41) is 3.51. The van der Waals surface area contributed by atoms with Crippen LogP contribution in [0.15, 0.2) is 42.5 Å². The molecule has 2 aromatic rings. The third kappa shape index (κ3) is 4.89. The van der Waals surface area contributed by atoms with Crippen molar-refractivity contribution < 1.29 is 14.3 Å².